The molecule has 0 aliphatic heterocycles. The van der Waals surface area contributed by atoms with Crippen LogP contribution in [0.1, 0.15) is 37.7 Å². The lowest BCUT2D eigenvalue weighted by Crippen LogP contribution is -2.40. The molecule has 2 bridgehead atoms. The van der Waals surface area contributed by atoms with Crippen molar-refractivity contribution in [3.05, 3.63) is 29.8 Å². The molecule has 2 aliphatic carbocycles. The van der Waals surface area contributed by atoms with Crippen molar-refractivity contribution in [2.45, 2.75) is 32.1 Å². The first-order chi connectivity index (χ1) is 10.2. The molecule has 4 heteroatoms. The summed E-state index contributed by atoms with van der Waals surface area (Å²) in [7, 11) is 0. The standard InChI is InChI=1S/C17H18N2O2/c18-10-11-4-6-15(7-5-11)19-17(21)14-8-12-2-1-3-13(9-14)16(12)20/h4-7,12-14H,1-3,8-9H2,(H,19,21)/t12-,13+,14?. The van der Waals surface area contributed by atoms with E-state index in [1.54, 1.807) is 24.3 Å². The normalized spacial score (nSPS) is 27.8. The predicted octanol–water partition coefficient (Wildman–Crippen LogP) is 2.89. The van der Waals surface area contributed by atoms with Crippen molar-refractivity contribution >= 4 is 17.4 Å². The van der Waals surface area contributed by atoms with Crippen LogP contribution in [0, 0.1) is 29.1 Å². The molecule has 0 heterocycles. The van der Waals surface area contributed by atoms with Crippen molar-refractivity contribution < 1.29 is 9.59 Å². The second-order valence-electron chi connectivity index (χ2n) is 6.07. The molecule has 21 heavy (non-hydrogen) atoms. The van der Waals surface area contributed by atoms with Crippen molar-refractivity contribution in [2.24, 2.45) is 17.8 Å². The smallest absolute Gasteiger partial charge is 0.227 e. The summed E-state index contributed by atoms with van der Waals surface area (Å²) in [6.45, 7) is 0. The zero-order valence-electron chi connectivity index (χ0n) is 11.8. The first kappa shape index (κ1) is 13.8. The molecule has 3 rings (SSSR count). The Labute approximate surface area is 124 Å². The third-order valence-corrected chi connectivity index (χ3v) is 4.70. The number of Topliss-reactive ketones (excluding diaryl/α,β-unsaturated/α-hetero) is 1. The molecule has 1 amide bonds. The molecule has 0 saturated heterocycles. The van der Waals surface area contributed by atoms with E-state index in [1.807, 2.05) is 0 Å². The number of ketones is 1. The Morgan fingerprint density at radius 3 is 2.33 bits per heavy atom. The Hall–Kier alpha value is -2.15. The molecule has 1 unspecified atom stereocenters. The van der Waals surface area contributed by atoms with E-state index in [4.69, 9.17) is 5.26 Å². The number of hydrogen-bond donors (Lipinski definition) is 1. The second kappa shape index (κ2) is 5.69. The molecule has 2 aliphatic rings. The van der Waals surface area contributed by atoms with Crippen LogP contribution < -0.4 is 5.32 Å². The van der Waals surface area contributed by atoms with E-state index < -0.39 is 0 Å². The minimum Gasteiger partial charge on any atom is -0.326 e. The number of rotatable bonds is 2. The summed E-state index contributed by atoms with van der Waals surface area (Å²) in [4.78, 5) is 24.4. The maximum absolute atomic E-state index is 12.4. The van der Waals surface area contributed by atoms with E-state index in [9.17, 15) is 9.59 Å². The summed E-state index contributed by atoms with van der Waals surface area (Å²) >= 11 is 0. The van der Waals surface area contributed by atoms with Gasteiger partial charge in [0.1, 0.15) is 5.78 Å². The number of nitrogens with one attached hydrogen (secondary N) is 1. The van der Waals surface area contributed by atoms with Gasteiger partial charge < -0.3 is 5.32 Å². The largest absolute Gasteiger partial charge is 0.326 e. The van der Waals surface area contributed by atoms with Crippen LogP contribution in [0.4, 0.5) is 5.69 Å². The summed E-state index contributed by atoms with van der Waals surface area (Å²) in [5, 5.41) is 11.7. The van der Waals surface area contributed by atoms with Gasteiger partial charge in [-0.15, -0.1) is 0 Å². The van der Waals surface area contributed by atoms with Crippen LogP contribution in [0.3, 0.4) is 0 Å². The molecular weight excluding hydrogens is 264 g/mol. The highest BCUT2D eigenvalue weighted by Crippen LogP contribution is 2.40. The third kappa shape index (κ3) is 2.82. The highest BCUT2D eigenvalue weighted by atomic mass is 16.2. The molecule has 0 radical (unpaired) electrons. The topological polar surface area (TPSA) is 70.0 Å². The number of benzene rings is 1. The molecule has 2 fully saturated rings. The summed E-state index contributed by atoms with van der Waals surface area (Å²) in [6.07, 6.45) is 4.38. The van der Waals surface area contributed by atoms with Crippen LogP contribution in [-0.2, 0) is 9.59 Å². The van der Waals surface area contributed by atoms with Crippen LogP contribution >= 0.6 is 0 Å². The van der Waals surface area contributed by atoms with Crippen LogP contribution in [0.15, 0.2) is 24.3 Å². The Bertz CT molecular complexity index is 584. The SMILES string of the molecule is N#Cc1ccc(NC(=O)C2C[C@H]3CCC[C@@H](C2)C3=O)cc1. The average Bonchev–Trinajstić information content (AvgIpc) is 2.47. The van der Waals surface area contributed by atoms with Gasteiger partial charge in [-0.25, -0.2) is 0 Å². The zero-order chi connectivity index (χ0) is 14.8. The number of nitriles is 1. The van der Waals surface area contributed by atoms with Crippen molar-refractivity contribution in [3.63, 3.8) is 0 Å². The van der Waals surface area contributed by atoms with Crippen molar-refractivity contribution in [1.29, 1.82) is 5.26 Å². The summed E-state index contributed by atoms with van der Waals surface area (Å²) in [5.74, 6) is 0.504. The van der Waals surface area contributed by atoms with E-state index in [0.717, 1.165) is 19.3 Å². The van der Waals surface area contributed by atoms with Gasteiger partial charge in [-0.05, 0) is 49.9 Å². The Kier molecular flexibility index (Phi) is 3.74. The molecule has 4 nitrogen and oxygen atoms in total. The monoisotopic (exact) mass is 282 g/mol. The number of amides is 1. The van der Waals surface area contributed by atoms with Crippen LogP contribution in [0.5, 0.6) is 0 Å². The number of carbonyl (C=O) groups is 2. The maximum atomic E-state index is 12.4. The van der Waals surface area contributed by atoms with Crippen LogP contribution in [0.2, 0.25) is 0 Å². The van der Waals surface area contributed by atoms with E-state index in [2.05, 4.69) is 11.4 Å². The van der Waals surface area contributed by atoms with Crippen LogP contribution in [-0.4, -0.2) is 11.7 Å². The predicted molar refractivity (Wildman–Crippen MR) is 78.3 cm³/mol. The molecule has 1 N–H and O–H groups in total. The molecule has 1 aromatic rings. The van der Waals surface area contributed by atoms with Gasteiger partial charge in [0.05, 0.1) is 11.6 Å². The Morgan fingerprint density at radius 2 is 1.76 bits per heavy atom. The summed E-state index contributed by atoms with van der Waals surface area (Å²) < 4.78 is 0. The molecule has 0 spiro atoms. The highest BCUT2D eigenvalue weighted by Gasteiger charge is 2.41. The Balaban J connectivity index is 1.65. The van der Waals surface area contributed by atoms with Gasteiger partial charge in [-0.2, -0.15) is 5.26 Å². The maximum Gasteiger partial charge on any atom is 0.227 e. The van der Waals surface area contributed by atoms with E-state index in [0.29, 0.717) is 29.9 Å². The number of nitrogens with zero attached hydrogens (tertiary/aromatic N) is 1. The molecule has 108 valence electrons. The van der Waals surface area contributed by atoms with E-state index >= 15 is 0 Å². The van der Waals surface area contributed by atoms with Gasteiger partial charge in [0.25, 0.3) is 0 Å². The Morgan fingerprint density at radius 1 is 1.14 bits per heavy atom. The van der Waals surface area contributed by atoms with Gasteiger partial charge in [0, 0.05) is 23.4 Å². The van der Waals surface area contributed by atoms with Gasteiger partial charge in [0.15, 0.2) is 0 Å². The number of hydrogen-bond acceptors (Lipinski definition) is 3. The molecule has 1 aromatic carbocycles. The fourth-order valence-electron chi connectivity index (χ4n) is 3.57. The fourth-order valence-corrected chi connectivity index (χ4v) is 3.57. The lowest BCUT2D eigenvalue weighted by atomic mass is 9.67. The summed E-state index contributed by atoms with van der Waals surface area (Å²) in [6, 6.07) is 8.91. The first-order valence-corrected chi connectivity index (χ1v) is 7.52. The van der Waals surface area contributed by atoms with Crippen molar-refractivity contribution in [2.75, 3.05) is 5.32 Å². The first-order valence-electron chi connectivity index (χ1n) is 7.52. The van der Waals surface area contributed by atoms with Crippen molar-refractivity contribution in [1.82, 2.24) is 0 Å². The quantitative estimate of drug-likeness (QED) is 0.906. The molecule has 0 aromatic heterocycles. The van der Waals surface area contributed by atoms with Gasteiger partial charge in [-0.3, -0.25) is 9.59 Å². The molecule has 3 atom stereocenters. The van der Waals surface area contributed by atoms with Gasteiger partial charge in [0.2, 0.25) is 5.91 Å². The average molecular weight is 282 g/mol. The van der Waals surface area contributed by atoms with Gasteiger partial charge >= 0.3 is 0 Å². The van der Waals surface area contributed by atoms with E-state index in [-0.39, 0.29) is 23.7 Å². The second-order valence-corrected chi connectivity index (χ2v) is 6.07. The van der Waals surface area contributed by atoms with Gasteiger partial charge in [-0.1, -0.05) is 6.42 Å². The molecular formula is C17H18N2O2. The minimum atomic E-state index is -0.0614. The van der Waals surface area contributed by atoms with E-state index in [1.165, 1.54) is 0 Å². The lowest BCUT2D eigenvalue weighted by Gasteiger charge is -2.36. The van der Waals surface area contributed by atoms with Crippen molar-refractivity contribution in [3.8, 4) is 6.07 Å². The number of carbonyl (C=O) groups excluding carboxylic acids is 2. The minimum absolute atomic E-state index is 0.00380. The van der Waals surface area contributed by atoms with Crippen LogP contribution in [0.25, 0.3) is 0 Å². The number of anilines is 1. The third-order valence-electron chi connectivity index (χ3n) is 4.70. The fraction of sp³-hybridized carbons (Fsp3) is 0.471. The summed E-state index contributed by atoms with van der Waals surface area (Å²) in [5.41, 5.74) is 1.28. The number of fused-ring (bicyclic) bond motifs is 2. The lowest BCUT2D eigenvalue weighted by molar-refractivity contribution is -0.136. The zero-order valence-corrected chi connectivity index (χ0v) is 11.8. The highest BCUT2D eigenvalue weighted by molar-refractivity contribution is 5.95. The molecule has 2 saturated carbocycles.